The van der Waals surface area contributed by atoms with Gasteiger partial charge < -0.3 is 8.85 Å². The van der Waals surface area contributed by atoms with Crippen LogP contribution in [0.5, 0.6) is 0 Å². The zero-order valence-electron chi connectivity index (χ0n) is 18.2. The van der Waals surface area contributed by atoms with Gasteiger partial charge in [0, 0.05) is 0 Å². The van der Waals surface area contributed by atoms with Crippen molar-refractivity contribution in [3.8, 4) is 0 Å². The number of allylic oxidation sites excluding steroid dienone is 1. The van der Waals surface area contributed by atoms with E-state index in [9.17, 15) is 0 Å². The van der Waals surface area contributed by atoms with Crippen LogP contribution in [0, 0.1) is 11.8 Å². The molecule has 0 unspecified atom stereocenters. The molecular formula is C20H42O2Si2. The molecule has 1 saturated carbocycles. The molecule has 0 aromatic carbocycles. The van der Waals surface area contributed by atoms with E-state index >= 15 is 0 Å². The van der Waals surface area contributed by atoms with Crippen molar-refractivity contribution < 1.29 is 8.85 Å². The molecule has 2 atom stereocenters. The van der Waals surface area contributed by atoms with Gasteiger partial charge in [-0.05, 0) is 81.4 Å². The molecule has 0 aromatic heterocycles. The Kier molecular flexibility index (Phi) is 7.02. The molecule has 0 N–H and O–H groups in total. The summed E-state index contributed by atoms with van der Waals surface area (Å²) in [5.74, 6) is 2.41. The molecule has 0 saturated heterocycles. The Morgan fingerprint density at radius 1 is 1.04 bits per heavy atom. The average Bonchev–Trinajstić information content (AvgIpc) is 2.34. The first-order chi connectivity index (χ1) is 10.7. The average molecular weight is 371 g/mol. The molecule has 0 aliphatic heterocycles. The normalized spacial score (nSPS) is 25.8. The van der Waals surface area contributed by atoms with Crippen molar-refractivity contribution in [3.63, 3.8) is 0 Å². The largest absolute Gasteiger partial charge is 0.547 e. The molecule has 0 spiro atoms. The highest BCUT2D eigenvalue weighted by Crippen LogP contribution is 2.44. The molecule has 142 valence electrons. The van der Waals surface area contributed by atoms with E-state index in [0.29, 0.717) is 11.8 Å². The molecule has 4 heteroatoms. The Morgan fingerprint density at radius 2 is 1.58 bits per heavy atom. The zero-order valence-corrected chi connectivity index (χ0v) is 20.2. The van der Waals surface area contributed by atoms with Gasteiger partial charge in [0.25, 0.3) is 0 Å². The van der Waals surface area contributed by atoms with Gasteiger partial charge >= 0.3 is 0 Å². The summed E-state index contributed by atoms with van der Waals surface area (Å²) in [5, 5.41) is 0.246. The smallest absolute Gasteiger partial charge is 0.241 e. The van der Waals surface area contributed by atoms with E-state index in [4.69, 9.17) is 8.85 Å². The Balaban J connectivity index is 3.22. The van der Waals surface area contributed by atoms with Crippen LogP contribution in [-0.4, -0.2) is 22.7 Å². The van der Waals surface area contributed by atoms with Crippen LogP contribution in [0.15, 0.2) is 11.3 Å². The molecule has 1 fully saturated rings. The highest BCUT2D eigenvalue weighted by Gasteiger charge is 2.42. The van der Waals surface area contributed by atoms with Crippen LogP contribution in [-0.2, 0) is 8.85 Å². The minimum absolute atomic E-state index is 0.246. The highest BCUT2D eigenvalue weighted by molar-refractivity contribution is 6.74. The first-order valence-electron chi connectivity index (χ1n) is 9.73. The maximum Gasteiger partial charge on any atom is 0.241 e. The fourth-order valence-electron chi connectivity index (χ4n) is 3.43. The minimum Gasteiger partial charge on any atom is -0.547 e. The van der Waals surface area contributed by atoms with Crippen molar-refractivity contribution in [2.24, 2.45) is 11.8 Å². The van der Waals surface area contributed by atoms with E-state index in [1.807, 2.05) is 0 Å². The minimum atomic E-state index is -1.78. The molecular weight excluding hydrogens is 328 g/mol. The van der Waals surface area contributed by atoms with Gasteiger partial charge in [-0.3, -0.25) is 0 Å². The third-order valence-corrected chi connectivity index (χ3v) is 11.0. The van der Waals surface area contributed by atoms with Crippen LogP contribution in [0.1, 0.15) is 60.8 Å². The second kappa shape index (κ2) is 7.67. The van der Waals surface area contributed by atoms with Crippen LogP contribution in [0.3, 0.4) is 0 Å². The first-order valence-corrected chi connectivity index (χ1v) is 16.0. The summed E-state index contributed by atoms with van der Waals surface area (Å²) in [7, 11) is -3.38. The second-order valence-electron chi connectivity index (χ2n) is 10.4. The zero-order chi connectivity index (χ0) is 18.9. The highest BCUT2D eigenvalue weighted by atomic mass is 28.4. The van der Waals surface area contributed by atoms with Crippen molar-refractivity contribution in [1.82, 2.24) is 0 Å². The molecule has 0 aromatic rings. The van der Waals surface area contributed by atoms with Crippen LogP contribution in [0.25, 0.3) is 0 Å². The van der Waals surface area contributed by atoms with Gasteiger partial charge in [-0.15, -0.1) is 0 Å². The molecule has 1 aliphatic carbocycles. The Bertz CT molecular complexity index is 453. The van der Waals surface area contributed by atoms with Crippen molar-refractivity contribution in [2.75, 3.05) is 0 Å². The second-order valence-corrected chi connectivity index (χ2v) is 19.6. The molecule has 0 heterocycles. The summed E-state index contributed by atoms with van der Waals surface area (Å²) in [6.07, 6.45) is 3.95. The summed E-state index contributed by atoms with van der Waals surface area (Å²) >= 11 is 0. The summed E-state index contributed by atoms with van der Waals surface area (Å²) < 4.78 is 13.3. The Morgan fingerprint density at radius 3 is 2.00 bits per heavy atom. The summed E-state index contributed by atoms with van der Waals surface area (Å²) in [5.41, 5.74) is 1.48. The lowest BCUT2D eigenvalue weighted by Gasteiger charge is -2.44. The quantitative estimate of drug-likeness (QED) is 0.384. The van der Waals surface area contributed by atoms with Crippen LogP contribution in [0.2, 0.25) is 37.8 Å². The van der Waals surface area contributed by atoms with E-state index in [1.165, 1.54) is 18.4 Å². The van der Waals surface area contributed by atoms with Gasteiger partial charge in [-0.25, -0.2) is 0 Å². The molecule has 0 radical (unpaired) electrons. The van der Waals surface area contributed by atoms with Crippen molar-refractivity contribution >= 4 is 16.6 Å². The van der Waals surface area contributed by atoms with Gasteiger partial charge in [0.2, 0.25) is 8.32 Å². The van der Waals surface area contributed by atoms with E-state index in [2.05, 4.69) is 74.3 Å². The van der Waals surface area contributed by atoms with Gasteiger partial charge in [0.05, 0.1) is 11.9 Å². The van der Waals surface area contributed by atoms with E-state index in [0.717, 1.165) is 12.2 Å². The monoisotopic (exact) mass is 370 g/mol. The van der Waals surface area contributed by atoms with Gasteiger partial charge in [0.1, 0.15) is 0 Å². The van der Waals surface area contributed by atoms with Crippen molar-refractivity contribution in [2.45, 2.75) is 105 Å². The Hall–Kier alpha value is -0.0662. The lowest BCUT2D eigenvalue weighted by Crippen LogP contribution is -2.46. The molecule has 1 aliphatic rings. The van der Waals surface area contributed by atoms with Gasteiger partial charge in [-0.2, -0.15) is 0 Å². The van der Waals surface area contributed by atoms with E-state index in [1.54, 1.807) is 0 Å². The van der Waals surface area contributed by atoms with Crippen LogP contribution >= 0.6 is 0 Å². The molecule has 2 nitrogen and oxygen atoms in total. The summed E-state index contributed by atoms with van der Waals surface area (Å²) in [4.78, 5) is 0. The number of rotatable bonds is 5. The number of hydrogen-bond acceptors (Lipinski definition) is 2. The number of hydrogen-bond donors (Lipinski definition) is 0. The van der Waals surface area contributed by atoms with Gasteiger partial charge in [0.15, 0.2) is 8.32 Å². The maximum atomic E-state index is 6.89. The standard InChI is InChI=1S/C20H42O2Si2/c1-15(2)17-13-12-14-18(22-24(10,11)20(4,5)6)19(17)16(3)21-23(7,8)9/h15,17-18H,12-14H2,1-11H3/b19-16+/t17-,18+/m0/s1. The summed E-state index contributed by atoms with van der Waals surface area (Å²) in [6.45, 7) is 25.4. The molecule has 24 heavy (non-hydrogen) atoms. The summed E-state index contributed by atoms with van der Waals surface area (Å²) in [6, 6.07) is 0. The lowest BCUT2D eigenvalue weighted by molar-refractivity contribution is 0.145. The topological polar surface area (TPSA) is 18.5 Å². The third kappa shape index (κ3) is 5.74. The lowest BCUT2D eigenvalue weighted by atomic mass is 9.76. The maximum absolute atomic E-state index is 6.89. The van der Waals surface area contributed by atoms with Crippen LogP contribution < -0.4 is 0 Å². The van der Waals surface area contributed by atoms with E-state index < -0.39 is 16.6 Å². The van der Waals surface area contributed by atoms with Crippen molar-refractivity contribution in [3.05, 3.63) is 11.3 Å². The third-order valence-electron chi connectivity index (χ3n) is 5.64. The van der Waals surface area contributed by atoms with Gasteiger partial charge in [-0.1, -0.05) is 34.6 Å². The predicted molar refractivity (Wildman–Crippen MR) is 111 cm³/mol. The fourth-order valence-corrected chi connectivity index (χ4v) is 5.77. The predicted octanol–water partition coefficient (Wildman–Crippen LogP) is 6.96. The molecule has 0 amide bonds. The molecule has 1 rings (SSSR count). The first kappa shape index (κ1) is 22.0. The SMILES string of the molecule is C/C(O[Si](C)(C)C)=C1/[C@H](C(C)C)CCC[C@H]1O[Si](C)(C)C(C)(C)C. The van der Waals surface area contributed by atoms with E-state index in [-0.39, 0.29) is 11.1 Å². The van der Waals surface area contributed by atoms with Crippen molar-refractivity contribution in [1.29, 1.82) is 0 Å². The van der Waals surface area contributed by atoms with Crippen LogP contribution in [0.4, 0.5) is 0 Å². The fraction of sp³-hybridized carbons (Fsp3) is 0.900. The Labute approximate surface area is 153 Å². The molecule has 0 bridgehead atoms.